The van der Waals surface area contributed by atoms with Crippen molar-refractivity contribution in [2.45, 2.75) is 0 Å². The molecular weight excluding hydrogens is 687 g/mol. The van der Waals surface area contributed by atoms with Crippen molar-refractivity contribution in [2.75, 3.05) is 4.90 Å². The molecule has 0 radical (unpaired) electrons. The Morgan fingerprint density at radius 2 is 0.649 bits per heavy atom. The Balaban J connectivity index is 0.990. The standard InChI is InChI=1S/C56H37N/c1-2-13-42-35-48(33-26-38(42)12-1)57(47-31-27-40(28-32-47)55-36-44-14-3-5-18-49(44)51-20-7-9-22-53(51)55)46-29-24-39(25-30-46)41-16-11-17-43(34-41)56-37-45-15-4-6-19-50(45)52-21-8-10-23-54(52)56/h1-37H. The number of nitrogens with zero attached hydrogens (tertiary/aromatic N) is 1. The van der Waals surface area contributed by atoms with Crippen LogP contribution in [0.25, 0.3) is 87.2 Å². The molecule has 11 aromatic carbocycles. The Hall–Kier alpha value is -7.48. The van der Waals surface area contributed by atoms with Crippen LogP contribution in [0.1, 0.15) is 0 Å². The first-order valence-electron chi connectivity index (χ1n) is 19.7. The van der Waals surface area contributed by atoms with Crippen LogP contribution in [0.5, 0.6) is 0 Å². The minimum Gasteiger partial charge on any atom is -0.310 e. The van der Waals surface area contributed by atoms with E-state index in [1.165, 1.54) is 87.2 Å². The highest BCUT2D eigenvalue weighted by Gasteiger charge is 2.16. The van der Waals surface area contributed by atoms with E-state index >= 15 is 0 Å². The van der Waals surface area contributed by atoms with Crippen molar-refractivity contribution in [1.82, 2.24) is 0 Å². The fourth-order valence-electron chi connectivity index (χ4n) is 8.81. The van der Waals surface area contributed by atoms with Crippen molar-refractivity contribution in [3.8, 4) is 33.4 Å². The normalized spacial score (nSPS) is 11.5. The van der Waals surface area contributed by atoms with Crippen molar-refractivity contribution >= 4 is 70.9 Å². The van der Waals surface area contributed by atoms with Gasteiger partial charge in [-0.25, -0.2) is 0 Å². The molecule has 0 atom stereocenters. The quantitative estimate of drug-likeness (QED) is 0.154. The van der Waals surface area contributed by atoms with Crippen molar-refractivity contribution in [3.63, 3.8) is 0 Å². The van der Waals surface area contributed by atoms with Crippen LogP contribution < -0.4 is 4.90 Å². The number of benzene rings is 11. The van der Waals surface area contributed by atoms with Crippen LogP contribution in [0, 0.1) is 0 Å². The average Bonchev–Trinajstić information content (AvgIpc) is 3.29. The molecule has 0 spiro atoms. The summed E-state index contributed by atoms with van der Waals surface area (Å²) in [4.78, 5) is 2.37. The molecule has 0 aliphatic heterocycles. The van der Waals surface area contributed by atoms with Crippen LogP contribution in [0.4, 0.5) is 17.1 Å². The monoisotopic (exact) mass is 723 g/mol. The lowest BCUT2D eigenvalue weighted by Crippen LogP contribution is -2.09. The number of fused-ring (bicyclic) bond motifs is 7. The Kier molecular flexibility index (Phi) is 7.89. The molecule has 0 saturated heterocycles. The second-order valence-corrected chi connectivity index (χ2v) is 14.9. The van der Waals surface area contributed by atoms with Gasteiger partial charge in [-0.2, -0.15) is 0 Å². The Morgan fingerprint density at radius 3 is 1.25 bits per heavy atom. The zero-order valence-electron chi connectivity index (χ0n) is 31.3. The molecule has 11 aromatic rings. The molecule has 0 bridgehead atoms. The number of anilines is 3. The third-order valence-corrected chi connectivity index (χ3v) is 11.6. The zero-order chi connectivity index (χ0) is 37.7. The molecule has 1 nitrogen and oxygen atoms in total. The molecule has 0 aliphatic carbocycles. The average molecular weight is 724 g/mol. The zero-order valence-corrected chi connectivity index (χ0v) is 31.3. The molecule has 0 N–H and O–H groups in total. The predicted octanol–water partition coefficient (Wildman–Crippen LogP) is 15.9. The van der Waals surface area contributed by atoms with E-state index in [2.05, 4.69) is 229 Å². The van der Waals surface area contributed by atoms with E-state index in [-0.39, 0.29) is 0 Å². The van der Waals surface area contributed by atoms with Crippen molar-refractivity contribution in [3.05, 3.63) is 224 Å². The predicted molar refractivity (Wildman–Crippen MR) is 245 cm³/mol. The summed E-state index contributed by atoms with van der Waals surface area (Å²) < 4.78 is 0. The van der Waals surface area contributed by atoms with Gasteiger partial charge >= 0.3 is 0 Å². The van der Waals surface area contributed by atoms with Crippen molar-refractivity contribution < 1.29 is 0 Å². The summed E-state index contributed by atoms with van der Waals surface area (Å²) in [5.74, 6) is 0. The van der Waals surface area contributed by atoms with Gasteiger partial charge in [0.15, 0.2) is 0 Å². The van der Waals surface area contributed by atoms with Gasteiger partial charge in [0.25, 0.3) is 0 Å². The highest BCUT2D eigenvalue weighted by Crippen LogP contribution is 2.41. The van der Waals surface area contributed by atoms with Crippen LogP contribution >= 0.6 is 0 Å². The second kappa shape index (κ2) is 13.7. The van der Waals surface area contributed by atoms with E-state index < -0.39 is 0 Å². The second-order valence-electron chi connectivity index (χ2n) is 14.9. The Labute approximate surface area is 332 Å². The van der Waals surface area contributed by atoms with Gasteiger partial charge in [-0.1, -0.05) is 170 Å². The van der Waals surface area contributed by atoms with E-state index in [0.717, 1.165) is 17.1 Å². The molecule has 0 unspecified atom stereocenters. The summed E-state index contributed by atoms with van der Waals surface area (Å²) in [6.45, 7) is 0. The Bertz CT molecular complexity index is 3280. The molecular formula is C56H37N. The summed E-state index contributed by atoms with van der Waals surface area (Å²) in [5.41, 5.74) is 10.6. The van der Waals surface area contributed by atoms with Crippen LogP contribution in [-0.4, -0.2) is 0 Å². The molecule has 11 rings (SSSR count). The van der Waals surface area contributed by atoms with Gasteiger partial charge in [-0.3, -0.25) is 0 Å². The molecule has 0 fully saturated rings. The van der Waals surface area contributed by atoms with Gasteiger partial charge in [-0.05, 0) is 142 Å². The molecule has 0 aliphatic rings. The molecule has 0 amide bonds. The first-order chi connectivity index (χ1) is 28.2. The SMILES string of the molecule is c1cc(-c2ccc(N(c3ccc(-c4cc5ccccc5c5ccccc45)cc3)c3ccc4ccccc4c3)cc2)cc(-c2cc3ccccc3c3ccccc23)c1. The maximum Gasteiger partial charge on any atom is 0.0468 e. The van der Waals surface area contributed by atoms with E-state index in [9.17, 15) is 0 Å². The van der Waals surface area contributed by atoms with E-state index in [1.54, 1.807) is 0 Å². The highest BCUT2D eigenvalue weighted by atomic mass is 15.1. The van der Waals surface area contributed by atoms with Gasteiger partial charge in [-0.15, -0.1) is 0 Å². The van der Waals surface area contributed by atoms with Gasteiger partial charge < -0.3 is 4.90 Å². The maximum absolute atomic E-state index is 2.37. The Morgan fingerprint density at radius 1 is 0.211 bits per heavy atom. The van der Waals surface area contributed by atoms with E-state index in [4.69, 9.17) is 0 Å². The molecule has 0 heterocycles. The van der Waals surface area contributed by atoms with Crippen LogP contribution in [0.3, 0.4) is 0 Å². The number of hydrogen-bond acceptors (Lipinski definition) is 1. The summed E-state index contributed by atoms with van der Waals surface area (Å²) in [7, 11) is 0. The number of rotatable bonds is 6. The van der Waals surface area contributed by atoms with E-state index in [0.29, 0.717) is 0 Å². The maximum atomic E-state index is 2.37. The molecule has 0 aromatic heterocycles. The topological polar surface area (TPSA) is 3.24 Å². The first-order valence-corrected chi connectivity index (χ1v) is 19.7. The molecule has 266 valence electrons. The summed E-state index contributed by atoms with van der Waals surface area (Å²) in [5, 5.41) is 12.6. The highest BCUT2D eigenvalue weighted by molar-refractivity contribution is 6.15. The third-order valence-electron chi connectivity index (χ3n) is 11.6. The lowest BCUT2D eigenvalue weighted by Gasteiger charge is -2.26. The van der Waals surface area contributed by atoms with Crippen LogP contribution in [0.15, 0.2) is 224 Å². The van der Waals surface area contributed by atoms with Gasteiger partial charge in [0.05, 0.1) is 0 Å². The number of hydrogen-bond donors (Lipinski definition) is 0. The van der Waals surface area contributed by atoms with Crippen LogP contribution in [-0.2, 0) is 0 Å². The van der Waals surface area contributed by atoms with Gasteiger partial charge in [0.2, 0.25) is 0 Å². The largest absolute Gasteiger partial charge is 0.310 e. The fourth-order valence-corrected chi connectivity index (χ4v) is 8.81. The summed E-state index contributed by atoms with van der Waals surface area (Å²) in [6, 6.07) is 82.0. The summed E-state index contributed by atoms with van der Waals surface area (Å²) in [6.07, 6.45) is 0. The van der Waals surface area contributed by atoms with Crippen molar-refractivity contribution in [1.29, 1.82) is 0 Å². The smallest absolute Gasteiger partial charge is 0.0468 e. The summed E-state index contributed by atoms with van der Waals surface area (Å²) >= 11 is 0. The van der Waals surface area contributed by atoms with Gasteiger partial charge in [0, 0.05) is 17.1 Å². The third kappa shape index (κ3) is 5.80. The fraction of sp³-hybridized carbons (Fsp3) is 0. The lowest BCUT2D eigenvalue weighted by atomic mass is 9.92. The molecule has 1 heteroatoms. The minimum atomic E-state index is 1.11. The molecule has 57 heavy (non-hydrogen) atoms. The van der Waals surface area contributed by atoms with Gasteiger partial charge in [0.1, 0.15) is 0 Å². The minimum absolute atomic E-state index is 1.11. The van der Waals surface area contributed by atoms with E-state index in [1.807, 2.05) is 0 Å². The molecule has 0 saturated carbocycles. The lowest BCUT2D eigenvalue weighted by molar-refractivity contribution is 1.29. The van der Waals surface area contributed by atoms with Crippen molar-refractivity contribution in [2.24, 2.45) is 0 Å². The first kappa shape index (κ1) is 32.9. The van der Waals surface area contributed by atoms with Crippen LogP contribution in [0.2, 0.25) is 0 Å².